The van der Waals surface area contributed by atoms with Gasteiger partial charge in [-0.1, -0.05) is 30.9 Å². The minimum Gasteiger partial charge on any atom is -0.482 e. The second-order valence-electron chi connectivity index (χ2n) is 7.68. The molecule has 0 unspecified atom stereocenters. The first-order chi connectivity index (χ1) is 16.5. The third-order valence-corrected chi connectivity index (χ3v) is 7.12. The maximum Gasteiger partial charge on any atom is 0.312 e. The maximum absolute atomic E-state index is 13.2. The molecule has 3 aromatic rings. The number of halogens is 1. The summed E-state index contributed by atoms with van der Waals surface area (Å²) in [7, 11) is 0. The van der Waals surface area contributed by atoms with Crippen molar-refractivity contribution in [2.45, 2.75) is 25.7 Å². The van der Waals surface area contributed by atoms with Crippen LogP contribution in [0.3, 0.4) is 0 Å². The van der Waals surface area contributed by atoms with Gasteiger partial charge in [0.25, 0.3) is 5.91 Å². The molecule has 1 heterocycles. The highest BCUT2D eigenvalue weighted by atomic mass is 79.9. The Labute approximate surface area is 209 Å². The summed E-state index contributed by atoms with van der Waals surface area (Å²) in [5.74, 6) is -0.0605. The Balaban J connectivity index is 1.69. The third-order valence-electron chi connectivity index (χ3n) is 5.33. The molecule has 1 amide bonds. The molecule has 0 atom stereocenters. The van der Waals surface area contributed by atoms with Gasteiger partial charge in [0.15, 0.2) is 0 Å². The number of fused-ring (bicyclic) bond motifs is 1. The van der Waals surface area contributed by atoms with E-state index < -0.39 is 4.92 Å². The molecule has 1 aliphatic carbocycles. The Morgan fingerprint density at radius 1 is 1.26 bits per heavy atom. The quantitative estimate of drug-likeness (QED) is 0.146. The Hall–Kier alpha value is -3.30. The van der Waals surface area contributed by atoms with Crippen LogP contribution in [0.4, 0.5) is 16.4 Å². The van der Waals surface area contributed by atoms with Gasteiger partial charge in [0.05, 0.1) is 15.0 Å². The number of carbonyl (C=O) groups is 1. The van der Waals surface area contributed by atoms with Crippen molar-refractivity contribution in [1.29, 1.82) is 0 Å². The second kappa shape index (κ2) is 10.8. The molecule has 0 saturated heterocycles. The van der Waals surface area contributed by atoms with Gasteiger partial charge in [-0.3, -0.25) is 14.9 Å². The lowest BCUT2D eigenvalue weighted by molar-refractivity contribution is -0.385. The molecule has 0 fully saturated rings. The lowest BCUT2D eigenvalue weighted by Crippen LogP contribution is -2.14. The first-order valence-corrected chi connectivity index (χ1v) is 12.4. The summed E-state index contributed by atoms with van der Waals surface area (Å²) in [6.07, 6.45) is 6.95. The molecule has 0 aliphatic heterocycles. The number of nitrogens with one attached hydrogen (secondary N) is 1. The van der Waals surface area contributed by atoms with Crippen molar-refractivity contribution in [3.8, 4) is 5.75 Å². The van der Waals surface area contributed by atoms with Crippen LogP contribution >= 0.6 is 27.3 Å². The van der Waals surface area contributed by atoms with E-state index >= 15 is 0 Å². The van der Waals surface area contributed by atoms with E-state index in [9.17, 15) is 14.9 Å². The van der Waals surface area contributed by atoms with Crippen LogP contribution in [-0.2, 0) is 12.8 Å². The van der Waals surface area contributed by atoms with Crippen LogP contribution in [0.5, 0.6) is 5.75 Å². The average Bonchev–Trinajstić information content (AvgIpc) is 3.21. The number of thiophene rings is 1. The summed E-state index contributed by atoms with van der Waals surface area (Å²) in [4.78, 5) is 30.1. The molecule has 1 N–H and O–H groups in total. The fourth-order valence-corrected chi connectivity index (χ4v) is 5.63. The van der Waals surface area contributed by atoms with Crippen molar-refractivity contribution in [2.24, 2.45) is 4.99 Å². The highest BCUT2D eigenvalue weighted by molar-refractivity contribution is 9.10. The molecule has 7 nitrogen and oxygen atoms in total. The van der Waals surface area contributed by atoms with Crippen LogP contribution < -0.4 is 10.1 Å². The van der Waals surface area contributed by atoms with Gasteiger partial charge in [-0.2, -0.15) is 0 Å². The Kier molecular flexibility index (Phi) is 7.54. The highest BCUT2D eigenvalue weighted by Crippen LogP contribution is 2.41. The molecule has 9 heteroatoms. The van der Waals surface area contributed by atoms with Crippen molar-refractivity contribution in [3.05, 3.63) is 91.3 Å². The van der Waals surface area contributed by atoms with Gasteiger partial charge in [0.2, 0.25) is 5.75 Å². The van der Waals surface area contributed by atoms with Crippen LogP contribution in [0.2, 0.25) is 0 Å². The third kappa shape index (κ3) is 5.26. The van der Waals surface area contributed by atoms with Crippen molar-refractivity contribution < 1.29 is 14.5 Å². The second-order valence-corrected chi connectivity index (χ2v) is 9.62. The first-order valence-electron chi connectivity index (χ1n) is 10.7. The minimum atomic E-state index is -0.497. The zero-order chi connectivity index (χ0) is 24.1. The number of para-hydroxylation sites is 1. The number of aryl methyl sites for hydroxylation is 1. The van der Waals surface area contributed by atoms with Gasteiger partial charge < -0.3 is 10.1 Å². The Bertz CT molecular complexity index is 1270. The van der Waals surface area contributed by atoms with Crippen LogP contribution in [0.25, 0.3) is 0 Å². The molecule has 0 spiro atoms. The summed E-state index contributed by atoms with van der Waals surface area (Å²) in [6, 6.07) is 12.4. The molecule has 2 aromatic carbocycles. The molecule has 4 rings (SSSR count). The Morgan fingerprint density at radius 2 is 2.03 bits per heavy atom. The van der Waals surface area contributed by atoms with Crippen molar-refractivity contribution in [2.75, 3.05) is 11.9 Å². The lowest BCUT2D eigenvalue weighted by Gasteiger charge is -2.12. The normalized spacial score (nSPS) is 12.9. The number of amides is 1. The number of hydrogen-bond donors (Lipinski definition) is 1. The summed E-state index contributed by atoms with van der Waals surface area (Å²) in [6.45, 7) is 3.72. The largest absolute Gasteiger partial charge is 0.482 e. The van der Waals surface area contributed by atoms with Gasteiger partial charge in [-0.15, -0.1) is 11.3 Å². The summed E-state index contributed by atoms with van der Waals surface area (Å²) < 4.78 is 5.90. The van der Waals surface area contributed by atoms with Crippen molar-refractivity contribution >= 4 is 55.8 Å². The number of ether oxygens (including phenoxy) is 1. The molecule has 0 saturated carbocycles. The fraction of sp³-hybridized carbons (Fsp3) is 0.200. The topological polar surface area (TPSA) is 93.8 Å². The number of nitrogens with zero attached hydrogens (tertiary/aromatic N) is 2. The van der Waals surface area contributed by atoms with Gasteiger partial charge in [-0.25, -0.2) is 4.99 Å². The highest BCUT2D eigenvalue weighted by Gasteiger charge is 2.25. The average molecular weight is 540 g/mol. The predicted octanol–water partition coefficient (Wildman–Crippen LogP) is 6.87. The van der Waals surface area contributed by atoms with E-state index in [0.29, 0.717) is 26.3 Å². The summed E-state index contributed by atoms with van der Waals surface area (Å²) >= 11 is 4.87. The van der Waals surface area contributed by atoms with Crippen LogP contribution in [0, 0.1) is 10.1 Å². The van der Waals surface area contributed by atoms with Gasteiger partial charge in [-0.05, 0) is 65.4 Å². The fourth-order valence-electron chi connectivity index (χ4n) is 3.82. The number of hydrogen-bond acceptors (Lipinski definition) is 6. The minimum absolute atomic E-state index is 0.136. The van der Waals surface area contributed by atoms with E-state index in [0.717, 1.165) is 31.2 Å². The van der Waals surface area contributed by atoms with E-state index in [1.807, 2.05) is 30.3 Å². The van der Waals surface area contributed by atoms with Gasteiger partial charge >= 0.3 is 5.69 Å². The lowest BCUT2D eigenvalue weighted by atomic mass is 9.95. The van der Waals surface area contributed by atoms with E-state index in [-0.39, 0.29) is 24.0 Å². The number of aliphatic imine (C=N–C) groups is 1. The van der Waals surface area contributed by atoms with Crippen LogP contribution in [0.15, 0.2) is 64.6 Å². The van der Waals surface area contributed by atoms with Crippen molar-refractivity contribution in [3.63, 3.8) is 0 Å². The monoisotopic (exact) mass is 539 g/mol. The first kappa shape index (κ1) is 23.8. The number of carbonyl (C=O) groups excluding carboxylic acids is 1. The SMILES string of the molecule is C=CCOc1c(Br)cc(C=Nc2sc3c(c2C(=O)Nc2ccccc2)CCCC3)cc1[N+](=O)[O-]. The van der Waals surface area contributed by atoms with Crippen molar-refractivity contribution in [1.82, 2.24) is 0 Å². The standard InChI is InChI=1S/C25H22BrN3O4S/c1-2-12-33-23-19(26)13-16(14-20(23)29(31)32)15-27-25-22(18-10-6-7-11-21(18)34-25)24(30)28-17-8-4-3-5-9-17/h2-5,8-9,13-15H,1,6-7,10-12H2,(H,28,30). The van der Waals surface area contributed by atoms with E-state index in [1.165, 1.54) is 28.4 Å². The number of rotatable bonds is 8. The molecule has 34 heavy (non-hydrogen) atoms. The molecule has 0 bridgehead atoms. The van der Waals surface area contributed by atoms with Gasteiger partial charge in [0, 0.05) is 28.4 Å². The van der Waals surface area contributed by atoms with E-state index in [2.05, 4.69) is 32.8 Å². The van der Waals surface area contributed by atoms with E-state index in [1.54, 1.807) is 12.3 Å². The smallest absolute Gasteiger partial charge is 0.312 e. The molecular formula is C25H22BrN3O4S. The van der Waals surface area contributed by atoms with Crippen LogP contribution in [0.1, 0.15) is 39.2 Å². The summed E-state index contributed by atoms with van der Waals surface area (Å²) in [5, 5.41) is 15.2. The van der Waals surface area contributed by atoms with E-state index in [4.69, 9.17) is 4.74 Å². The number of anilines is 1. The summed E-state index contributed by atoms with van der Waals surface area (Å²) in [5.41, 5.74) is 2.69. The zero-order valence-electron chi connectivity index (χ0n) is 18.3. The molecule has 0 radical (unpaired) electrons. The maximum atomic E-state index is 13.2. The molecule has 1 aromatic heterocycles. The molecule has 174 valence electrons. The predicted molar refractivity (Wildman–Crippen MR) is 139 cm³/mol. The number of nitro groups is 1. The Morgan fingerprint density at radius 3 is 2.76 bits per heavy atom. The number of benzene rings is 2. The number of nitro benzene ring substituents is 1. The molecular weight excluding hydrogens is 518 g/mol. The molecule has 1 aliphatic rings. The zero-order valence-corrected chi connectivity index (χ0v) is 20.7. The van der Waals surface area contributed by atoms with Gasteiger partial charge in [0.1, 0.15) is 11.6 Å². The van der Waals surface area contributed by atoms with Crippen LogP contribution in [-0.4, -0.2) is 23.7 Å².